The van der Waals surface area contributed by atoms with Crippen molar-refractivity contribution in [3.8, 4) is 0 Å². The summed E-state index contributed by atoms with van der Waals surface area (Å²) in [6.07, 6.45) is 0. The Hall–Kier alpha value is -2.50. The van der Waals surface area contributed by atoms with E-state index in [1.165, 1.54) is 0 Å². The first kappa shape index (κ1) is 17.3. The molecule has 2 amide bonds. The minimum atomic E-state index is -0.0619. The number of nitrogens with zero attached hydrogens (tertiary/aromatic N) is 2. The number of carbonyl (C=O) groups is 2. The average Bonchev–Trinajstić information content (AvgIpc) is 3.06. The normalized spacial score (nSPS) is 17.9. The molecule has 1 atom stereocenters. The number of hydrogen-bond acceptors (Lipinski definition) is 4. The van der Waals surface area contributed by atoms with Crippen molar-refractivity contribution in [3.63, 3.8) is 0 Å². The van der Waals surface area contributed by atoms with Gasteiger partial charge < -0.3 is 18.6 Å². The number of piperazine rings is 1. The molecular weight excluding hydrogens is 320 g/mol. The summed E-state index contributed by atoms with van der Waals surface area (Å²) >= 11 is 0. The molecule has 0 unspecified atom stereocenters. The van der Waals surface area contributed by atoms with Crippen molar-refractivity contribution in [1.82, 2.24) is 9.80 Å². The fourth-order valence-corrected chi connectivity index (χ4v) is 3.46. The first-order valence-electron chi connectivity index (χ1n) is 8.52. The topological polar surface area (TPSA) is 66.9 Å². The summed E-state index contributed by atoms with van der Waals surface area (Å²) in [4.78, 5) is 29.1. The summed E-state index contributed by atoms with van der Waals surface area (Å²) in [6, 6.07) is 3.49. The van der Waals surface area contributed by atoms with Gasteiger partial charge in [0.05, 0.1) is 11.1 Å². The summed E-state index contributed by atoms with van der Waals surface area (Å²) in [5, 5.41) is 0. The van der Waals surface area contributed by atoms with Crippen LogP contribution in [0.4, 0.5) is 0 Å². The molecule has 0 bridgehead atoms. The average molecular weight is 344 g/mol. The van der Waals surface area contributed by atoms with Gasteiger partial charge >= 0.3 is 0 Å². The molecule has 0 aliphatic carbocycles. The van der Waals surface area contributed by atoms with Gasteiger partial charge in [-0.1, -0.05) is 0 Å². The van der Waals surface area contributed by atoms with Gasteiger partial charge in [0.1, 0.15) is 23.0 Å². The van der Waals surface area contributed by atoms with Crippen molar-refractivity contribution in [1.29, 1.82) is 0 Å². The van der Waals surface area contributed by atoms with Crippen LogP contribution in [-0.4, -0.2) is 47.3 Å². The standard InChI is InChI=1S/C19H24N2O4/c1-11-10-20(18(22)16-8-12(2)24-14(16)4)6-7-21(11)19(23)17-9-13(3)25-15(17)5/h8-9,11H,6-7,10H2,1-5H3/t11-/m0/s1. The molecule has 0 N–H and O–H groups in total. The summed E-state index contributed by atoms with van der Waals surface area (Å²) < 4.78 is 10.9. The van der Waals surface area contributed by atoms with Crippen LogP contribution in [0.25, 0.3) is 0 Å². The van der Waals surface area contributed by atoms with Crippen LogP contribution in [0.3, 0.4) is 0 Å². The number of amides is 2. The van der Waals surface area contributed by atoms with Gasteiger partial charge in [-0.15, -0.1) is 0 Å². The number of furan rings is 2. The molecule has 6 nitrogen and oxygen atoms in total. The maximum atomic E-state index is 12.8. The van der Waals surface area contributed by atoms with Crippen LogP contribution >= 0.6 is 0 Å². The van der Waals surface area contributed by atoms with E-state index in [2.05, 4.69) is 0 Å². The third-order valence-electron chi connectivity index (χ3n) is 4.72. The van der Waals surface area contributed by atoms with E-state index < -0.39 is 0 Å². The van der Waals surface area contributed by atoms with Crippen molar-refractivity contribution in [3.05, 3.63) is 46.3 Å². The van der Waals surface area contributed by atoms with Crippen LogP contribution in [0.5, 0.6) is 0 Å². The van der Waals surface area contributed by atoms with Gasteiger partial charge in [-0.05, 0) is 46.8 Å². The van der Waals surface area contributed by atoms with Crippen molar-refractivity contribution in [2.24, 2.45) is 0 Å². The molecule has 25 heavy (non-hydrogen) atoms. The Labute approximate surface area is 147 Å². The van der Waals surface area contributed by atoms with Crippen LogP contribution in [0.15, 0.2) is 21.0 Å². The molecule has 6 heteroatoms. The van der Waals surface area contributed by atoms with Crippen LogP contribution in [0.1, 0.15) is 50.7 Å². The zero-order valence-corrected chi connectivity index (χ0v) is 15.4. The lowest BCUT2D eigenvalue weighted by molar-refractivity contribution is 0.0412. The van der Waals surface area contributed by atoms with Crippen molar-refractivity contribution >= 4 is 11.8 Å². The van der Waals surface area contributed by atoms with E-state index in [4.69, 9.17) is 8.83 Å². The van der Waals surface area contributed by atoms with E-state index in [9.17, 15) is 9.59 Å². The van der Waals surface area contributed by atoms with Crippen LogP contribution < -0.4 is 0 Å². The molecule has 134 valence electrons. The highest BCUT2D eigenvalue weighted by Crippen LogP contribution is 2.22. The molecule has 1 aliphatic rings. The Morgan fingerprint density at radius 3 is 1.88 bits per heavy atom. The predicted octanol–water partition coefficient (Wildman–Crippen LogP) is 3.09. The van der Waals surface area contributed by atoms with E-state index in [1.807, 2.05) is 25.7 Å². The summed E-state index contributed by atoms with van der Waals surface area (Å²) in [7, 11) is 0. The monoisotopic (exact) mass is 344 g/mol. The SMILES string of the molecule is Cc1cc(C(=O)N2CCN(C(=O)c3cc(C)oc3C)[C@@H](C)C2)c(C)o1. The Morgan fingerprint density at radius 2 is 1.44 bits per heavy atom. The third kappa shape index (κ3) is 3.21. The number of carbonyl (C=O) groups excluding carboxylic acids is 2. The second-order valence-corrected chi connectivity index (χ2v) is 6.75. The number of rotatable bonds is 2. The van der Waals surface area contributed by atoms with Crippen molar-refractivity contribution < 1.29 is 18.4 Å². The zero-order chi connectivity index (χ0) is 18.3. The molecule has 3 rings (SSSR count). The fourth-order valence-electron chi connectivity index (χ4n) is 3.46. The smallest absolute Gasteiger partial charge is 0.257 e. The minimum absolute atomic E-state index is 0.0377. The summed E-state index contributed by atoms with van der Waals surface area (Å²) in [5.41, 5.74) is 1.20. The molecule has 1 saturated heterocycles. The molecule has 0 spiro atoms. The van der Waals surface area contributed by atoms with Crippen LogP contribution in [-0.2, 0) is 0 Å². The van der Waals surface area contributed by atoms with E-state index in [0.29, 0.717) is 42.3 Å². The summed E-state index contributed by atoms with van der Waals surface area (Å²) in [6.45, 7) is 10.7. The largest absolute Gasteiger partial charge is 0.466 e. The Balaban J connectivity index is 1.72. The van der Waals surface area contributed by atoms with Crippen LogP contribution in [0.2, 0.25) is 0 Å². The fraction of sp³-hybridized carbons (Fsp3) is 0.474. The van der Waals surface area contributed by atoms with Crippen LogP contribution in [0, 0.1) is 27.7 Å². The van der Waals surface area contributed by atoms with Crippen molar-refractivity contribution in [2.45, 2.75) is 40.7 Å². The van der Waals surface area contributed by atoms with E-state index in [1.54, 1.807) is 30.9 Å². The Bertz CT molecular complexity index is 818. The molecule has 2 aromatic heterocycles. The highest BCUT2D eigenvalue weighted by Gasteiger charge is 2.32. The predicted molar refractivity (Wildman–Crippen MR) is 92.8 cm³/mol. The molecule has 1 aliphatic heterocycles. The van der Waals surface area contributed by atoms with Gasteiger partial charge in [0.25, 0.3) is 11.8 Å². The highest BCUT2D eigenvalue weighted by atomic mass is 16.3. The Kier molecular flexibility index (Phi) is 4.45. The van der Waals surface area contributed by atoms with Gasteiger partial charge in [-0.3, -0.25) is 9.59 Å². The lowest BCUT2D eigenvalue weighted by Crippen LogP contribution is -2.55. The highest BCUT2D eigenvalue weighted by molar-refractivity contribution is 5.97. The second kappa shape index (κ2) is 6.43. The number of hydrogen-bond donors (Lipinski definition) is 0. The number of aryl methyl sites for hydroxylation is 4. The third-order valence-corrected chi connectivity index (χ3v) is 4.72. The van der Waals surface area contributed by atoms with E-state index >= 15 is 0 Å². The van der Waals surface area contributed by atoms with E-state index in [-0.39, 0.29) is 17.9 Å². The van der Waals surface area contributed by atoms with Gasteiger partial charge in [-0.2, -0.15) is 0 Å². The molecule has 1 fully saturated rings. The molecule has 0 radical (unpaired) electrons. The molecule has 3 heterocycles. The quantitative estimate of drug-likeness (QED) is 0.840. The molecule has 0 saturated carbocycles. The van der Waals surface area contributed by atoms with Gasteiger partial charge in [0.15, 0.2) is 0 Å². The second-order valence-electron chi connectivity index (χ2n) is 6.75. The molecular formula is C19H24N2O4. The van der Waals surface area contributed by atoms with Gasteiger partial charge in [0, 0.05) is 25.7 Å². The first-order chi connectivity index (χ1) is 11.8. The molecule has 2 aromatic rings. The maximum Gasteiger partial charge on any atom is 0.257 e. The maximum absolute atomic E-state index is 12.8. The first-order valence-corrected chi connectivity index (χ1v) is 8.52. The summed E-state index contributed by atoms with van der Waals surface area (Å²) in [5.74, 6) is 2.66. The Morgan fingerprint density at radius 1 is 0.920 bits per heavy atom. The van der Waals surface area contributed by atoms with E-state index in [0.717, 1.165) is 11.5 Å². The zero-order valence-electron chi connectivity index (χ0n) is 15.4. The minimum Gasteiger partial charge on any atom is -0.466 e. The lowest BCUT2D eigenvalue weighted by Gasteiger charge is -2.39. The molecule has 0 aromatic carbocycles. The van der Waals surface area contributed by atoms with Crippen molar-refractivity contribution in [2.75, 3.05) is 19.6 Å². The van der Waals surface area contributed by atoms with Gasteiger partial charge in [-0.25, -0.2) is 0 Å². The van der Waals surface area contributed by atoms with Gasteiger partial charge in [0.2, 0.25) is 0 Å². The lowest BCUT2D eigenvalue weighted by atomic mass is 10.1.